The van der Waals surface area contributed by atoms with Gasteiger partial charge in [-0.25, -0.2) is 4.98 Å². The number of anilines is 2. The van der Waals surface area contributed by atoms with Gasteiger partial charge in [-0.05, 0) is 38.2 Å². The number of hydrogen-bond acceptors (Lipinski definition) is 8. The molecular weight excluding hydrogens is 490 g/mol. The number of amides is 1. The normalized spacial score (nSPS) is 22.3. The summed E-state index contributed by atoms with van der Waals surface area (Å²) in [5, 5.41) is 6.69. The Labute approximate surface area is 221 Å². The van der Waals surface area contributed by atoms with E-state index in [2.05, 4.69) is 39.8 Å². The van der Waals surface area contributed by atoms with Crippen LogP contribution in [0, 0.1) is 0 Å². The minimum Gasteiger partial charge on any atom is -0.381 e. The zero-order valence-corrected chi connectivity index (χ0v) is 22.5. The summed E-state index contributed by atoms with van der Waals surface area (Å²) in [6.07, 6.45) is 3.77. The maximum absolute atomic E-state index is 12.8. The summed E-state index contributed by atoms with van der Waals surface area (Å²) in [5.74, 6) is 1.93. The first kappa shape index (κ1) is 26.1. The van der Waals surface area contributed by atoms with Crippen LogP contribution in [0.3, 0.4) is 0 Å². The van der Waals surface area contributed by atoms with Crippen LogP contribution in [-0.4, -0.2) is 77.9 Å². The first-order chi connectivity index (χ1) is 18.0. The van der Waals surface area contributed by atoms with Gasteiger partial charge in [0.25, 0.3) is 0 Å². The molecule has 2 atom stereocenters. The molecule has 1 aromatic heterocycles. The Balaban J connectivity index is 1.36. The minimum absolute atomic E-state index is 0.0981. The van der Waals surface area contributed by atoms with Crippen molar-refractivity contribution >= 4 is 28.5 Å². The van der Waals surface area contributed by atoms with Crippen LogP contribution >= 0.6 is 0 Å². The molecule has 2 unspecified atom stereocenters. The molecule has 2 saturated heterocycles. The highest BCUT2D eigenvalue weighted by Gasteiger charge is 2.38. The molecule has 0 spiro atoms. The van der Waals surface area contributed by atoms with Crippen LogP contribution in [0.15, 0.2) is 35.2 Å². The van der Waals surface area contributed by atoms with Crippen LogP contribution in [0.25, 0.3) is 0 Å². The molecule has 9 nitrogen and oxygen atoms in total. The second-order valence-corrected chi connectivity index (χ2v) is 11.7. The van der Waals surface area contributed by atoms with Gasteiger partial charge in [-0.3, -0.25) is 9.00 Å². The fraction of sp³-hybridized carbons (Fsp3) is 0.593. The maximum atomic E-state index is 12.8. The average molecular weight is 528 g/mol. The zero-order valence-electron chi connectivity index (χ0n) is 21.7. The molecule has 10 heteroatoms. The summed E-state index contributed by atoms with van der Waals surface area (Å²) in [6.45, 7) is 5.31. The summed E-state index contributed by atoms with van der Waals surface area (Å²) in [7, 11) is 0.485. The van der Waals surface area contributed by atoms with E-state index in [9.17, 15) is 9.00 Å². The van der Waals surface area contributed by atoms with Crippen molar-refractivity contribution < 1.29 is 18.5 Å². The fourth-order valence-electron chi connectivity index (χ4n) is 5.46. The molecule has 200 valence electrons. The van der Waals surface area contributed by atoms with Crippen molar-refractivity contribution in [3.63, 3.8) is 0 Å². The maximum Gasteiger partial charge on any atom is 0.248 e. The predicted molar refractivity (Wildman–Crippen MR) is 144 cm³/mol. The lowest BCUT2D eigenvalue weighted by atomic mass is 9.72. The van der Waals surface area contributed by atoms with Crippen LogP contribution in [0.1, 0.15) is 43.9 Å². The Morgan fingerprint density at radius 2 is 1.95 bits per heavy atom. The number of ether oxygens (including phenoxy) is 2. The monoisotopic (exact) mass is 527 g/mol. The summed E-state index contributed by atoms with van der Waals surface area (Å²) in [4.78, 5) is 25.3. The van der Waals surface area contributed by atoms with Crippen LogP contribution in [0.5, 0.6) is 0 Å². The Morgan fingerprint density at radius 3 is 2.65 bits per heavy atom. The Hall–Kier alpha value is -2.56. The topological polar surface area (TPSA) is 106 Å². The molecule has 3 aliphatic rings. The van der Waals surface area contributed by atoms with Gasteiger partial charge in [0.05, 0.1) is 16.5 Å². The number of benzene rings is 1. The molecule has 0 saturated carbocycles. The molecule has 2 fully saturated rings. The summed E-state index contributed by atoms with van der Waals surface area (Å²) in [5.41, 5.74) is 1.95. The minimum atomic E-state index is -1.06. The van der Waals surface area contributed by atoms with E-state index >= 15 is 0 Å². The largest absolute Gasteiger partial charge is 0.381 e. The van der Waals surface area contributed by atoms with Crippen LogP contribution in [0.2, 0.25) is 0 Å². The number of carbonyl (C=O) groups is 1. The van der Waals surface area contributed by atoms with Crippen molar-refractivity contribution in [1.82, 2.24) is 15.3 Å². The van der Waals surface area contributed by atoms with E-state index in [-0.39, 0.29) is 17.4 Å². The summed E-state index contributed by atoms with van der Waals surface area (Å²) >= 11 is 0. The molecular formula is C27H37N5O4S. The quantitative estimate of drug-likeness (QED) is 0.539. The third kappa shape index (κ3) is 5.66. The van der Waals surface area contributed by atoms with Gasteiger partial charge in [-0.2, -0.15) is 4.98 Å². The third-order valence-corrected chi connectivity index (χ3v) is 9.41. The molecule has 0 bridgehead atoms. The van der Waals surface area contributed by atoms with Gasteiger partial charge in [0, 0.05) is 63.6 Å². The van der Waals surface area contributed by atoms with E-state index in [4.69, 9.17) is 19.4 Å². The van der Waals surface area contributed by atoms with Gasteiger partial charge in [0.15, 0.2) is 0 Å². The van der Waals surface area contributed by atoms with Gasteiger partial charge in [0.1, 0.15) is 16.8 Å². The van der Waals surface area contributed by atoms with Gasteiger partial charge >= 0.3 is 0 Å². The summed E-state index contributed by atoms with van der Waals surface area (Å²) < 4.78 is 23.5. The highest BCUT2D eigenvalue weighted by Crippen LogP contribution is 2.37. The van der Waals surface area contributed by atoms with Gasteiger partial charge in [-0.15, -0.1) is 0 Å². The fourth-order valence-corrected chi connectivity index (χ4v) is 6.77. The smallest absolute Gasteiger partial charge is 0.248 e. The van der Waals surface area contributed by atoms with Crippen LogP contribution < -0.4 is 15.5 Å². The van der Waals surface area contributed by atoms with E-state index in [1.54, 1.807) is 14.0 Å². The average Bonchev–Trinajstić information content (AvgIpc) is 3.33. The zero-order chi connectivity index (χ0) is 25.8. The second kappa shape index (κ2) is 11.4. The number of piperidine rings is 1. The Kier molecular flexibility index (Phi) is 8.07. The van der Waals surface area contributed by atoms with Crippen molar-refractivity contribution in [3.05, 3.63) is 41.6 Å². The van der Waals surface area contributed by atoms with E-state index in [1.165, 1.54) is 5.56 Å². The predicted octanol–water partition coefficient (Wildman–Crippen LogP) is 2.42. The SMILES string of the molecule is COC(C)C(=O)NCC1(c2ccccc2)CCN(c2nc3c(c(NC4CCOCC4)n2)S(=O)CC3)CC1. The van der Waals surface area contributed by atoms with Crippen LogP contribution in [0.4, 0.5) is 11.8 Å². The van der Waals surface area contributed by atoms with Crippen molar-refractivity contribution in [1.29, 1.82) is 0 Å². The molecule has 2 aromatic rings. The molecule has 3 aliphatic heterocycles. The lowest BCUT2D eigenvalue weighted by Gasteiger charge is -2.42. The number of rotatable bonds is 8. The van der Waals surface area contributed by atoms with E-state index in [0.717, 1.165) is 68.4 Å². The molecule has 37 heavy (non-hydrogen) atoms. The number of methoxy groups -OCH3 is 1. The number of carbonyl (C=O) groups excluding carboxylic acids is 1. The van der Waals surface area contributed by atoms with E-state index in [1.807, 2.05) is 6.07 Å². The van der Waals surface area contributed by atoms with Crippen molar-refractivity contribution in [2.24, 2.45) is 0 Å². The molecule has 4 heterocycles. The molecule has 1 aromatic carbocycles. The number of aromatic nitrogens is 2. The Morgan fingerprint density at radius 1 is 1.22 bits per heavy atom. The lowest BCUT2D eigenvalue weighted by molar-refractivity contribution is -0.130. The number of nitrogens with one attached hydrogen (secondary N) is 2. The third-order valence-electron chi connectivity index (χ3n) is 7.95. The van der Waals surface area contributed by atoms with Crippen LogP contribution in [-0.2, 0) is 36.9 Å². The highest BCUT2D eigenvalue weighted by atomic mass is 32.2. The van der Waals surface area contributed by atoms with Gasteiger partial charge in [-0.1, -0.05) is 30.3 Å². The van der Waals surface area contributed by atoms with Crippen molar-refractivity contribution in [2.45, 2.75) is 61.5 Å². The number of hydrogen-bond donors (Lipinski definition) is 2. The molecule has 1 amide bonds. The summed E-state index contributed by atoms with van der Waals surface area (Å²) in [6, 6.07) is 10.7. The highest BCUT2D eigenvalue weighted by molar-refractivity contribution is 7.85. The Bertz CT molecular complexity index is 1120. The van der Waals surface area contributed by atoms with Crippen molar-refractivity contribution in [3.8, 4) is 0 Å². The first-order valence-electron chi connectivity index (χ1n) is 13.2. The standard InChI is InChI=1S/C27H37N5O4S/c1-19(35-2)25(33)28-18-27(20-6-4-3-5-7-20)11-13-32(14-12-27)26-30-22-10-17-37(34)23(22)24(31-26)29-21-8-15-36-16-9-21/h3-7,19,21H,8-18H2,1-2H3,(H,28,33)(H,29,30,31). The number of fused-ring (bicyclic) bond motifs is 1. The molecule has 0 radical (unpaired) electrons. The molecule has 0 aliphatic carbocycles. The van der Waals surface area contributed by atoms with E-state index in [0.29, 0.717) is 24.7 Å². The second-order valence-electron chi connectivity index (χ2n) is 10.2. The first-order valence-corrected chi connectivity index (χ1v) is 14.6. The van der Waals surface area contributed by atoms with Crippen molar-refractivity contribution in [2.75, 3.05) is 55.9 Å². The molecule has 2 N–H and O–H groups in total. The number of aryl methyl sites for hydroxylation is 1. The molecule has 5 rings (SSSR count). The lowest BCUT2D eigenvalue weighted by Crippen LogP contribution is -2.50. The van der Waals surface area contributed by atoms with Gasteiger partial charge < -0.3 is 25.0 Å². The number of nitrogens with zero attached hydrogens (tertiary/aromatic N) is 3. The van der Waals surface area contributed by atoms with Gasteiger partial charge in [0.2, 0.25) is 11.9 Å². The van der Waals surface area contributed by atoms with E-state index < -0.39 is 16.9 Å².